The highest BCUT2D eigenvalue weighted by molar-refractivity contribution is 7.20. The molecule has 0 amide bonds. The Morgan fingerprint density at radius 2 is 0.974 bits per heavy atom. The van der Waals surface area contributed by atoms with E-state index >= 15 is 0 Å². The predicted molar refractivity (Wildman–Crippen MR) is 156 cm³/mol. The monoisotopic (exact) mass is 542 g/mol. The van der Waals surface area contributed by atoms with Crippen molar-refractivity contribution in [3.05, 3.63) is 114 Å². The Morgan fingerprint density at radius 1 is 0.538 bits per heavy atom. The van der Waals surface area contributed by atoms with Gasteiger partial charge in [-0.3, -0.25) is 0 Å². The molecule has 0 N–H and O–H groups in total. The molecule has 0 aliphatic rings. The summed E-state index contributed by atoms with van der Waals surface area (Å²) in [5, 5.41) is 0. The van der Waals surface area contributed by atoms with Crippen LogP contribution in [0.3, 0.4) is 0 Å². The third kappa shape index (κ3) is 5.50. The summed E-state index contributed by atoms with van der Waals surface area (Å²) in [6.07, 6.45) is -4.39. The lowest BCUT2D eigenvalue weighted by molar-refractivity contribution is -0.137. The normalized spacial score (nSPS) is 12.0. The van der Waals surface area contributed by atoms with Crippen LogP contribution in [0.1, 0.15) is 31.9 Å². The molecule has 39 heavy (non-hydrogen) atoms. The van der Waals surface area contributed by atoms with E-state index in [0.29, 0.717) is 0 Å². The van der Waals surface area contributed by atoms with Crippen LogP contribution in [0.5, 0.6) is 5.75 Å². The van der Waals surface area contributed by atoms with E-state index in [-0.39, 0.29) is 5.41 Å². The standard InChI is InChI=1S/C34H29F3OS/c1-33(2,3)26-16-10-22(11-17-26)29-30(23-14-20-28(38-4)21-15-23)31(24-8-6-5-7-9-24)39-32(29)25-12-18-27(19-13-25)34(35,36)37/h5-21H,1-4H3. The average Bonchev–Trinajstić information content (AvgIpc) is 3.33. The van der Waals surface area contributed by atoms with Gasteiger partial charge in [0.1, 0.15) is 5.75 Å². The fourth-order valence-electron chi connectivity index (χ4n) is 4.68. The summed E-state index contributed by atoms with van der Waals surface area (Å²) < 4.78 is 45.5. The van der Waals surface area contributed by atoms with E-state index in [4.69, 9.17) is 4.74 Å². The van der Waals surface area contributed by atoms with E-state index in [9.17, 15) is 13.2 Å². The SMILES string of the molecule is COc1ccc(-c2c(-c3ccccc3)sc(-c3ccc(C(F)(F)F)cc3)c2-c2ccc(C(C)(C)C)cc2)cc1. The van der Waals surface area contributed by atoms with Crippen LogP contribution in [0.4, 0.5) is 13.2 Å². The summed E-state index contributed by atoms with van der Waals surface area (Å²) in [4.78, 5) is 1.99. The minimum absolute atomic E-state index is 0.00254. The molecule has 0 saturated carbocycles. The van der Waals surface area contributed by atoms with Gasteiger partial charge in [-0.25, -0.2) is 0 Å². The van der Waals surface area contributed by atoms with E-state index in [1.54, 1.807) is 30.6 Å². The first-order valence-corrected chi connectivity index (χ1v) is 13.5. The maximum Gasteiger partial charge on any atom is 0.416 e. The van der Waals surface area contributed by atoms with E-state index in [1.165, 1.54) is 5.56 Å². The molecular formula is C34H29F3OS. The van der Waals surface area contributed by atoms with Gasteiger partial charge in [-0.1, -0.05) is 99.6 Å². The molecule has 1 heterocycles. The fraction of sp³-hybridized carbons (Fsp3) is 0.176. The summed E-state index contributed by atoms with van der Waals surface area (Å²) in [5.41, 5.74) is 6.44. The molecule has 0 saturated heterocycles. The molecule has 0 radical (unpaired) electrons. The molecule has 4 aromatic carbocycles. The fourth-order valence-corrected chi connectivity index (χ4v) is 6.04. The molecule has 0 unspecified atom stereocenters. The molecule has 5 aromatic rings. The first kappa shape index (κ1) is 26.8. The summed E-state index contributed by atoms with van der Waals surface area (Å²) in [7, 11) is 1.64. The number of hydrogen-bond acceptors (Lipinski definition) is 2. The van der Waals surface area contributed by atoms with Gasteiger partial charge in [0.05, 0.1) is 12.7 Å². The van der Waals surface area contributed by atoms with Gasteiger partial charge in [0.25, 0.3) is 0 Å². The zero-order chi connectivity index (χ0) is 27.8. The molecule has 0 atom stereocenters. The smallest absolute Gasteiger partial charge is 0.416 e. The molecule has 1 nitrogen and oxygen atoms in total. The Bertz CT molecular complexity index is 1560. The highest BCUT2D eigenvalue weighted by Crippen LogP contribution is 2.52. The van der Waals surface area contributed by atoms with Crippen LogP contribution in [-0.4, -0.2) is 7.11 Å². The van der Waals surface area contributed by atoms with Crippen LogP contribution < -0.4 is 4.74 Å². The Labute approximate surface area is 231 Å². The molecular weight excluding hydrogens is 513 g/mol. The summed E-state index contributed by atoms with van der Waals surface area (Å²) in [6, 6.07) is 32.1. The van der Waals surface area contributed by atoms with Crippen molar-refractivity contribution in [1.29, 1.82) is 0 Å². The van der Waals surface area contributed by atoms with Gasteiger partial charge >= 0.3 is 6.18 Å². The first-order chi connectivity index (χ1) is 18.6. The lowest BCUT2D eigenvalue weighted by Crippen LogP contribution is -2.10. The van der Waals surface area contributed by atoms with Gasteiger partial charge in [0.2, 0.25) is 0 Å². The molecule has 5 rings (SSSR count). The van der Waals surface area contributed by atoms with Crippen molar-refractivity contribution < 1.29 is 17.9 Å². The van der Waals surface area contributed by atoms with Crippen LogP contribution in [0, 0.1) is 0 Å². The number of halogens is 3. The molecule has 198 valence electrons. The Hall–Kier alpha value is -3.83. The molecule has 0 aliphatic heterocycles. The molecule has 0 aliphatic carbocycles. The molecule has 1 aromatic heterocycles. The lowest BCUT2D eigenvalue weighted by Gasteiger charge is -2.19. The average molecular weight is 543 g/mol. The number of ether oxygens (including phenoxy) is 1. The van der Waals surface area contributed by atoms with Crippen molar-refractivity contribution in [3.8, 4) is 48.9 Å². The van der Waals surface area contributed by atoms with Gasteiger partial charge in [0.15, 0.2) is 0 Å². The van der Waals surface area contributed by atoms with Gasteiger partial charge in [-0.2, -0.15) is 13.2 Å². The second-order valence-corrected chi connectivity index (χ2v) is 11.5. The number of benzene rings is 4. The van der Waals surface area contributed by atoms with Crippen LogP contribution in [-0.2, 0) is 11.6 Å². The van der Waals surface area contributed by atoms with Crippen LogP contribution in [0.2, 0.25) is 0 Å². The van der Waals surface area contributed by atoms with Crippen molar-refractivity contribution >= 4 is 11.3 Å². The Kier molecular flexibility index (Phi) is 7.13. The third-order valence-corrected chi connectivity index (χ3v) is 8.12. The van der Waals surface area contributed by atoms with Crippen molar-refractivity contribution in [2.45, 2.75) is 32.4 Å². The predicted octanol–water partition coefficient (Wildman–Crippen LogP) is 10.7. The highest BCUT2D eigenvalue weighted by Gasteiger charge is 2.30. The van der Waals surface area contributed by atoms with Gasteiger partial charge < -0.3 is 4.74 Å². The van der Waals surface area contributed by atoms with E-state index in [2.05, 4.69) is 57.2 Å². The molecule has 0 spiro atoms. The van der Waals surface area contributed by atoms with Crippen molar-refractivity contribution in [2.75, 3.05) is 7.11 Å². The molecule has 0 fully saturated rings. The van der Waals surface area contributed by atoms with E-state index in [0.717, 1.165) is 61.0 Å². The van der Waals surface area contributed by atoms with Crippen LogP contribution in [0.15, 0.2) is 103 Å². The highest BCUT2D eigenvalue weighted by atomic mass is 32.1. The van der Waals surface area contributed by atoms with Gasteiger partial charge in [-0.05, 0) is 57.5 Å². The number of methoxy groups -OCH3 is 1. The number of alkyl halides is 3. The van der Waals surface area contributed by atoms with Gasteiger partial charge in [-0.15, -0.1) is 11.3 Å². The van der Waals surface area contributed by atoms with E-state index < -0.39 is 11.7 Å². The molecule has 0 bridgehead atoms. The second kappa shape index (κ2) is 10.4. The zero-order valence-electron chi connectivity index (χ0n) is 22.3. The lowest BCUT2D eigenvalue weighted by atomic mass is 9.85. The largest absolute Gasteiger partial charge is 0.497 e. The zero-order valence-corrected chi connectivity index (χ0v) is 23.1. The van der Waals surface area contributed by atoms with Gasteiger partial charge in [0, 0.05) is 20.9 Å². The molecule has 5 heteroatoms. The first-order valence-electron chi connectivity index (χ1n) is 12.7. The maximum absolute atomic E-state index is 13.4. The quantitative estimate of drug-likeness (QED) is 0.215. The number of thiophene rings is 1. The Balaban J connectivity index is 1.81. The van der Waals surface area contributed by atoms with Crippen molar-refractivity contribution in [1.82, 2.24) is 0 Å². The summed E-state index contributed by atoms with van der Waals surface area (Å²) in [6.45, 7) is 6.53. The Morgan fingerprint density at radius 3 is 1.44 bits per heavy atom. The minimum Gasteiger partial charge on any atom is -0.497 e. The third-order valence-electron chi connectivity index (χ3n) is 6.84. The topological polar surface area (TPSA) is 9.23 Å². The minimum atomic E-state index is -4.39. The number of rotatable bonds is 5. The number of hydrogen-bond donors (Lipinski definition) is 0. The van der Waals surface area contributed by atoms with Crippen LogP contribution >= 0.6 is 11.3 Å². The van der Waals surface area contributed by atoms with Crippen molar-refractivity contribution in [3.63, 3.8) is 0 Å². The van der Waals surface area contributed by atoms with Crippen LogP contribution in [0.25, 0.3) is 43.1 Å². The summed E-state index contributed by atoms with van der Waals surface area (Å²) in [5.74, 6) is 0.759. The van der Waals surface area contributed by atoms with Crippen molar-refractivity contribution in [2.24, 2.45) is 0 Å². The summed E-state index contributed by atoms with van der Waals surface area (Å²) >= 11 is 1.60. The maximum atomic E-state index is 13.4. The van der Waals surface area contributed by atoms with E-state index in [1.807, 2.05) is 42.5 Å². The second-order valence-electron chi connectivity index (χ2n) is 10.5.